The molecule has 0 aliphatic carbocycles. The second-order valence-electron chi connectivity index (χ2n) is 3.92. The van der Waals surface area contributed by atoms with Gasteiger partial charge in [0, 0.05) is 11.2 Å². The van der Waals surface area contributed by atoms with E-state index in [1.165, 1.54) is 18.0 Å². The van der Waals surface area contributed by atoms with E-state index in [9.17, 15) is 9.59 Å². The summed E-state index contributed by atoms with van der Waals surface area (Å²) in [5.74, 6) is -0.654. The number of hydrogen-bond donors (Lipinski definition) is 0. The van der Waals surface area contributed by atoms with E-state index >= 15 is 0 Å². The molecule has 0 N–H and O–H groups in total. The molecule has 0 saturated heterocycles. The Labute approximate surface area is 114 Å². The Morgan fingerprint density at radius 1 is 1.47 bits per heavy atom. The molecule has 1 aromatic carbocycles. The van der Waals surface area contributed by atoms with Crippen molar-refractivity contribution in [2.24, 2.45) is 0 Å². The number of hydrogen-bond acceptors (Lipinski definition) is 4. The summed E-state index contributed by atoms with van der Waals surface area (Å²) in [5.41, 5.74) is 1.74. The van der Waals surface area contributed by atoms with Crippen LogP contribution in [0.1, 0.15) is 26.4 Å². The quantitative estimate of drug-likeness (QED) is 0.639. The van der Waals surface area contributed by atoms with Crippen LogP contribution in [0.25, 0.3) is 5.69 Å². The van der Waals surface area contributed by atoms with Crippen LogP contribution < -0.4 is 0 Å². The van der Waals surface area contributed by atoms with Gasteiger partial charge in [-0.15, -0.1) is 0 Å². The fourth-order valence-corrected chi connectivity index (χ4v) is 1.76. The molecular weight excluding hydrogens is 268 g/mol. The third-order valence-corrected chi connectivity index (χ3v) is 3.08. The van der Waals surface area contributed by atoms with Crippen LogP contribution >= 0.6 is 11.6 Å². The van der Waals surface area contributed by atoms with Crippen molar-refractivity contribution in [1.29, 1.82) is 0 Å². The van der Waals surface area contributed by atoms with Gasteiger partial charge in [-0.1, -0.05) is 17.7 Å². The molecular formula is C13H11ClN2O3. The highest BCUT2D eigenvalue weighted by molar-refractivity contribution is 6.31. The van der Waals surface area contributed by atoms with Crippen molar-refractivity contribution in [2.45, 2.75) is 6.92 Å². The summed E-state index contributed by atoms with van der Waals surface area (Å²) < 4.78 is 5.99. The van der Waals surface area contributed by atoms with Gasteiger partial charge in [-0.2, -0.15) is 5.10 Å². The fraction of sp³-hybridized carbons (Fsp3) is 0.154. The molecule has 19 heavy (non-hydrogen) atoms. The van der Waals surface area contributed by atoms with Crippen LogP contribution in [0, 0.1) is 6.92 Å². The number of nitrogens with zero attached hydrogens (tertiary/aromatic N) is 2. The van der Waals surface area contributed by atoms with E-state index in [2.05, 4.69) is 9.84 Å². The average molecular weight is 279 g/mol. The summed E-state index contributed by atoms with van der Waals surface area (Å²) in [6.45, 7) is 1.88. The number of aldehydes is 1. The molecule has 0 unspecified atom stereocenters. The Bertz CT molecular complexity index is 649. The first kappa shape index (κ1) is 13.3. The maximum absolute atomic E-state index is 11.5. The summed E-state index contributed by atoms with van der Waals surface area (Å²) in [6.07, 6.45) is 2.02. The van der Waals surface area contributed by atoms with Gasteiger partial charge in [-0.3, -0.25) is 4.79 Å². The third kappa shape index (κ3) is 2.51. The van der Waals surface area contributed by atoms with Gasteiger partial charge in [0.2, 0.25) is 0 Å². The van der Waals surface area contributed by atoms with Crippen molar-refractivity contribution < 1.29 is 14.3 Å². The molecule has 2 aromatic rings. The number of benzene rings is 1. The van der Waals surface area contributed by atoms with E-state index in [-0.39, 0.29) is 11.3 Å². The smallest absolute Gasteiger partial charge is 0.359 e. The molecule has 0 atom stereocenters. The van der Waals surface area contributed by atoms with E-state index in [0.717, 1.165) is 5.56 Å². The normalized spacial score (nSPS) is 10.3. The number of methoxy groups -OCH3 is 1. The molecule has 98 valence electrons. The van der Waals surface area contributed by atoms with Crippen LogP contribution in [0.2, 0.25) is 5.02 Å². The van der Waals surface area contributed by atoms with Crippen molar-refractivity contribution in [1.82, 2.24) is 9.78 Å². The van der Waals surface area contributed by atoms with Crippen LogP contribution in [0.4, 0.5) is 0 Å². The number of carbonyl (C=O) groups is 2. The summed E-state index contributed by atoms with van der Waals surface area (Å²) in [5, 5.41) is 4.63. The minimum atomic E-state index is -0.654. The maximum Gasteiger partial charge on any atom is 0.359 e. The number of ether oxygens (including phenoxy) is 1. The first-order valence-corrected chi connectivity index (χ1v) is 5.84. The zero-order valence-corrected chi connectivity index (χ0v) is 11.1. The number of aryl methyl sites for hydroxylation is 1. The first-order valence-electron chi connectivity index (χ1n) is 5.46. The zero-order valence-electron chi connectivity index (χ0n) is 10.4. The average Bonchev–Trinajstić information content (AvgIpc) is 2.85. The van der Waals surface area contributed by atoms with Crippen LogP contribution in [-0.2, 0) is 4.74 Å². The number of aromatic nitrogens is 2. The van der Waals surface area contributed by atoms with Crippen LogP contribution in [0.5, 0.6) is 0 Å². The van der Waals surface area contributed by atoms with E-state index in [1.807, 2.05) is 13.0 Å². The predicted octanol–water partition coefficient (Wildman–Crippen LogP) is 2.43. The van der Waals surface area contributed by atoms with E-state index in [4.69, 9.17) is 11.6 Å². The third-order valence-electron chi connectivity index (χ3n) is 2.67. The summed E-state index contributed by atoms with van der Waals surface area (Å²) in [7, 11) is 1.23. The molecule has 0 spiro atoms. The van der Waals surface area contributed by atoms with Gasteiger partial charge in [-0.05, 0) is 24.6 Å². The first-order chi connectivity index (χ1) is 9.06. The van der Waals surface area contributed by atoms with Gasteiger partial charge in [0.1, 0.15) is 0 Å². The molecule has 1 heterocycles. The van der Waals surface area contributed by atoms with Crippen molar-refractivity contribution in [3.05, 3.63) is 46.2 Å². The molecule has 0 amide bonds. The lowest BCUT2D eigenvalue weighted by Gasteiger charge is -2.03. The van der Waals surface area contributed by atoms with Gasteiger partial charge in [0.15, 0.2) is 12.0 Å². The topological polar surface area (TPSA) is 61.2 Å². The lowest BCUT2D eigenvalue weighted by Crippen LogP contribution is -2.06. The summed E-state index contributed by atoms with van der Waals surface area (Å²) >= 11 is 6.03. The van der Waals surface area contributed by atoms with Crippen molar-refractivity contribution in [2.75, 3.05) is 7.11 Å². The van der Waals surface area contributed by atoms with Gasteiger partial charge >= 0.3 is 5.97 Å². The number of rotatable bonds is 3. The predicted molar refractivity (Wildman–Crippen MR) is 70.0 cm³/mol. The lowest BCUT2D eigenvalue weighted by atomic mass is 10.2. The van der Waals surface area contributed by atoms with Crippen LogP contribution in [-0.4, -0.2) is 29.1 Å². The van der Waals surface area contributed by atoms with E-state index in [0.29, 0.717) is 17.0 Å². The number of halogens is 1. The van der Waals surface area contributed by atoms with E-state index in [1.54, 1.807) is 12.1 Å². The molecule has 0 radical (unpaired) electrons. The molecule has 0 aliphatic rings. The highest BCUT2D eigenvalue weighted by atomic mass is 35.5. The lowest BCUT2D eigenvalue weighted by molar-refractivity contribution is 0.0591. The Hall–Kier alpha value is -2.14. The molecule has 0 bridgehead atoms. The van der Waals surface area contributed by atoms with E-state index < -0.39 is 5.97 Å². The molecule has 2 rings (SSSR count). The minimum absolute atomic E-state index is 0.0193. The van der Waals surface area contributed by atoms with Gasteiger partial charge in [0.05, 0.1) is 18.4 Å². The highest BCUT2D eigenvalue weighted by Crippen LogP contribution is 2.20. The maximum atomic E-state index is 11.5. The molecule has 6 heteroatoms. The summed E-state index contributed by atoms with van der Waals surface area (Å²) in [4.78, 5) is 22.4. The second-order valence-corrected chi connectivity index (χ2v) is 4.33. The van der Waals surface area contributed by atoms with Gasteiger partial charge < -0.3 is 4.74 Å². The minimum Gasteiger partial charge on any atom is -0.464 e. The molecule has 0 fully saturated rings. The Kier molecular flexibility index (Phi) is 3.66. The largest absolute Gasteiger partial charge is 0.464 e. The molecule has 1 aromatic heterocycles. The molecule has 5 nitrogen and oxygen atoms in total. The SMILES string of the molecule is COC(=O)c1nn(-c2ccc(C)c(Cl)c2)cc1C=O. The van der Waals surface area contributed by atoms with Crippen LogP contribution in [0.15, 0.2) is 24.4 Å². The monoisotopic (exact) mass is 278 g/mol. The molecule has 0 saturated carbocycles. The van der Waals surface area contributed by atoms with Crippen molar-refractivity contribution in [3.8, 4) is 5.69 Å². The zero-order chi connectivity index (χ0) is 14.0. The second kappa shape index (κ2) is 5.24. The van der Waals surface area contributed by atoms with Gasteiger partial charge in [0.25, 0.3) is 0 Å². The molecule has 0 aliphatic heterocycles. The van der Waals surface area contributed by atoms with Crippen molar-refractivity contribution >= 4 is 23.9 Å². The highest BCUT2D eigenvalue weighted by Gasteiger charge is 2.17. The van der Waals surface area contributed by atoms with Crippen molar-refractivity contribution in [3.63, 3.8) is 0 Å². The summed E-state index contributed by atoms with van der Waals surface area (Å²) in [6, 6.07) is 5.33. The Morgan fingerprint density at radius 3 is 2.79 bits per heavy atom. The Morgan fingerprint density at radius 2 is 2.21 bits per heavy atom. The fourth-order valence-electron chi connectivity index (χ4n) is 1.59. The Balaban J connectivity index is 2.51. The standard InChI is InChI=1S/C13H11ClN2O3/c1-8-3-4-10(5-11(8)14)16-6-9(7-17)12(15-16)13(18)19-2/h3-7H,1-2H3. The number of carbonyl (C=O) groups excluding carboxylic acids is 2. The van der Waals surface area contributed by atoms with Crippen LogP contribution in [0.3, 0.4) is 0 Å². The van der Waals surface area contributed by atoms with Gasteiger partial charge in [-0.25, -0.2) is 9.48 Å². The number of esters is 1.